The first kappa shape index (κ1) is 15.0. The van der Waals surface area contributed by atoms with Crippen LogP contribution in [0.1, 0.15) is 18.4 Å². The number of nitrogens with zero attached hydrogens (tertiary/aromatic N) is 1. The van der Waals surface area contributed by atoms with Crippen LogP contribution in [0.5, 0.6) is 0 Å². The molecule has 1 atom stereocenters. The lowest BCUT2D eigenvalue weighted by Gasteiger charge is -2.31. The molecule has 0 unspecified atom stereocenters. The minimum Gasteiger partial charge on any atom is -0.366 e. The zero-order valence-electron chi connectivity index (χ0n) is 12.2. The van der Waals surface area contributed by atoms with Gasteiger partial charge in [0.25, 0.3) is 0 Å². The van der Waals surface area contributed by atoms with Crippen molar-refractivity contribution in [3.63, 3.8) is 0 Å². The molecule has 4 nitrogen and oxygen atoms in total. The van der Waals surface area contributed by atoms with E-state index >= 15 is 0 Å². The summed E-state index contributed by atoms with van der Waals surface area (Å²) < 4.78 is 5.48. The van der Waals surface area contributed by atoms with Crippen LogP contribution in [0.25, 0.3) is 0 Å². The van der Waals surface area contributed by atoms with Crippen LogP contribution in [0.4, 0.5) is 0 Å². The highest BCUT2D eigenvalue weighted by Gasteiger charge is 2.25. The van der Waals surface area contributed by atoms with Crippen LogP contribution in [-0.4, -0.2) is 50.2 Å². The zero-order valence-corrected chi connectivity index (χ0v) is 12.2. The first-order valence-corrected chi connectivity index (χ1v) is 7.39. The number of carbonyl (C=O) groups excluding carboxylic acids is 1. The molecule has 0 aliphatic carbocycles. The van der Waals surface area contributed by atoms with Crippen LogP contribution in [0.2, 0.25) is 0 Å². The number of amides is 1. The van der Waals surface area contributed by atoms with Crippen molar-refractivity contribution in [1.29, 1.82) is 0 Å². The van der Waals surface area contributed by atoms with Crippen molar-refractivity contribution in [1.82, 2.24) is 10.2 Å². The maximum atomic E-state index is 11.6. The van der Waals surface area contributed by atoms with Crippen molar-refractivity contribution in [3.05, 3.63) is 35.9 Å². The van der Waals surface area contributed by atoms with Crippen LogP contribution in [-0.2, 0) is 16.0 Å². The largest absolute Gasteiger partial charge is 0.366 e. The molecule has 0 saturated carbocycles. The second-order valence-electron chi connectivity index (χ2n) is 5.22. The summed E-state index contributed by atoms with van der Waals surface area (Å²) >= 11 is 0. The highest BCUT2D eigenvalue weighted by molar-refractivity contribution is 5.80. The van der Waals surface area contributed by atoms with Crippen LogP contribution < -0.4 is 5.32 Å². The summed E-state index contributed by atoms with van der Waals surface area (Å²) in [6, 6.07) is 10.6. The van der Waals surface area contributed by atoms with Gasteiger partial charge in [-0.1, -0.05) is 30.3 Å². The van der Waals surface area contributed by atoms with Gasteiger partial charge in [-0.15, -0.1) is 0 Å². The van der Waals surface area contributed by atoms with E-state index in [4.69, 9.17) is 4.74 Å². The van der Waals surface area contributed by atoms with Gasteiger partial charge >= 0.3 is 0 Å². The third-order valence-corrected chi connectivity index (χ3v) is 3.72. The molecule has 1 aliphatic rings. The maximum Gasteiger partial charge on any atom is 0.250 e. The molecule has 0 radical (unpaired) electrons. The van der Waals surface area contributed by atoms with Crippen LogP contribution in [0, 0.1) is 0 Å². The molecule has 1 fully saturated rings. The lowest BCUT2D eigenvalue weighted by molar-refractivity contribution is -0.138. The second kappa shape index (κ2) is 8.02. The molecular formula is C16H24N2O2. The minimum absolute atomic E-state index is 0.0148. The summed E-state index contributed by atoms with van der Waals surface area (Å²) in [6.45, 7) is 3.34. The van der Waals surface area contributed by atoms with Crippen LogP contribution >= 0.6 is 0 Å². The Kier molecular flexibility index (Phi) is 6.02. The Morgan fingerprint density at radius 2 is 2.15 bits per heavy atom. The van der Waals surface area contributed by atoms with E-state index in [0.717, 1.165) is 25.9 Å². The lowest BCUT2D eigenvalue weighted by atomic mass is 10.1. The molecule has 0 spiro atoms. The number of unbranched alkanes of at least 4 members (excludes halogenated alkanes) is 1. The lowest BCUT2D eigenvalue weighted by Crippen LogP contribution is -2.49. The predicted molar refractivity (Wildman–Crippen MR) is 79.6 cm³/mol. The van der Waals surface area contributed by atoms with E-state index in [1.54, 1.807) is 7.05 Å². The average molecular weight is 276 g/mol. The van der Waals surface area contributed by atoms with Crippen molar-refractivity contribution in [2.24, 2.45) is 0 Å². The Bertz CT molecular complexity index is 408. The molecule has 0 bridgehead atoms. The number of hydrogen-bond donors (Lipinski definition) is 1. The first-order chi connectivity index (χ1) is 9.79. The molecule has 1 N–H and O–H groups in total. The summed E-state index contributed by atoms with van der Waals surface area (Å²) in [4.78, 5) is 13.9. The van der Waals surface area contributed by atoms with Gasteiger partial charge in [0.05, 0.1) is 6.61 Å². The molecule has 1 aromatic rings. The predicted octanol–water partition coefficient (Wildman–Crippen LogP) is 1.46. The zero-order chi connectivity index (χ0) is 14.2. The molecule has 20 heavy (non-hydrogen) atoms. The van der Waals surface area contributed by atoms with Gasteiger partial charge < -0.3 is 10.1 Å². The molecule has 1 amide bonds. The van der Waals surface area contributed by atoms with Gasteiger partial charge in [-0.2, -0.15) is 0 Å². The van der Waals surface area contributed by atoms with Gasteiger partial charge in [-0.05, 0) is 31.4 Å². The first-order valence-electron chi connectivity index (χ1n) is 7.39. The number of carbonyl (C=O) groups is 1. The van der Waals surface area contributed by atoms with E-state index in [-0.39, 0.29) is 12.0 Å². The Balaban J connectivity index is 1.65. The van der Waals surface area contributed by atoms with E-state index in [0.29, 0.717) is 13.2 Å². The average Bonchev–Trinajstić information content (AvgIpc) is 2.52. The topological polar surface area (TPSA) is 41.6 Å². The van der Waals surface area contributed by atoms with Crippen molar-refractivity contribution >= 4 is 5.91 Å². The fourth-order valence-corrected chi connectivity index (χ4v) is 2.53. The molecule has 1 saturated heterocycles. The summed E-state index contributed by atoms with van der Waals surface area (Å²) in [5.41, 5.74) is 1.40. The molecule has 4 heteroatoms. The number of ether oxygens (including phenoxy) is 1. The van der Waals surface area contributed by atoms with Crippen LogP contribution in [0.3, 0.4) is 0 Å². The van der Waals surface area contributed by atoms with Crippen molar-refractivity contribution in [2.45, 2.75) is 25.4 Å². The third-order valence-electron chi connectivity index (χ3n) is 3.72. The molecule has 2 rings (SSSR count). The van der Waals surface area contributed by atoms with E-state index in [2.05, 4.69) is 40.5 Å². The standard InChI is InChI=1S/C16H24N2O2/c1-17-16(19)15-13-18(11-12-20-15)10-6-5-9-14-7-3-2-4-8-14/h2-4,7-8,15H,5-6,9-13H2,1H3,(H,17,19)/t15-/m0/s1. The molecular weight excluding hydrogens is 252 g/mol. The molecule has 1 aromatic carbocycles. The number of morpholine rings is 1. The Morgan fingerprint density at radius 1 is 1.35 bits per heavy atom. The Labute approximate surface area is 121 Å². The maximum absolute atomic E-state index is 11.6. The van der Waals surface area contributed by atoms with E-state index in [1.807, 2.05) is 0 Å². The second-order valence-corrected chi connectivity index (χ2v) is 5.22. The van der Waals surface area contributed by atoms with Crippen LogP contribution in [0.15, 0.2) is 30.3 Å². The van der Waals surface area contributed by atoms with Gasteiger partial charge in [0, 0.05) is 20.1 Å². The minimum atomic E-state index is -0.303. The van der Waals surface area contributed by atoms with E-state index in [9.17, 15) is 4.79 Å². The molecule has 1 heterocycles. The number of aryl methyl sites for hydroxylation is 1. The molecule has 110 valence electrons. The SMILES string of the molecule is CNC(=O)[C@@H]1CN(CCCCc2ccccc2)CCO1. The number of nitrogens with one attached hydrogen (secondary N) is 1. The van der Waals surface area contributed by atoms with Gasteiger partial charge in [-0.25, -0.2) is 0 Å². The van der Waals surface area contributed by atoms with E-state index < -0.39 is 0 Å². The van der Waals surface area contributed by atoms with Gasteiger partial charge in [-0.3, -0.25) is 9.69 Å². The normalized spacial score (nSPS) is 19.8. The summed E-state index contributed by atoms with van der Waals surface area (Å²) in [5, 5.41) is 2.65. The number of hydrogen-bond acceptors (Lipinski definition) is 3. The summed E-state index contributed by atoms with van der Waals surface area (Å²) in [5.74, 6) is -0.0148. The molecule has 0 aromatic heterocycles. The van der Waals surface area contributed by atoms with Crippen molar-refractivity contribution in [3.8, 4) is 0 Å². The Hall–Kier alpha value is -1.39. The smallest absolute Gasteiger partial charge is 0.250 e. The fraction of sp³-hybridized carbons (Fsp3) is 0.562. The monoisotopic (exact) mass is 276 g/mol. The van der Waals surface area contributed by atoms with Gasteiger partial charge in [0.15, 0.2) is 0 Å². The fourth-order valence-electron chi connectivity index (χ4n) is 2.53. The van der Waals surface area contributed by atoms with Crippen molar-refractivity contribution in [2.75, 3.05) is 33.3 Å². The number of benzene rings is 1. The Morgan fingerprint density at radius 3 is 2.90 bits per heavy atom. The highest BCUT2D eigenvalue weighted by Crippen LogP contribution is 2.09. The summed E-state index contributed by atoms with van der Waals surface area (Å²) in [7, 11) is 1.66. The summed E-state index contributed by atoms with van der Waals surface area (Å²) in [6.07, 6.45) is 3.17. The quantitative estimate of drug-likeness (QED) is 0.800. The van der Waals surface area contributed by atoms with Gasteiger partial charge in [0.1, 0.15) is 6.10 Å². The van der Waals surface area contributed by atoms with E-state index in [1.165, 1.54) is 12.0 Å². The number of rotatable bonds is 6. The third kappa shape index (κ3) is 4.62. The highest BCUT2D eigenvalue weighted by atomic mass is 16.5. The van der Waals surface area contributed by atoms with Gasteiger partial charge in [0.2, 0.25) is 5.91 Å². The number of likely N-dealkylation sites (N-methyl/N-ethyl adjacent to an activating group) is 1. The molecule has 1 aliphatic heterocycles. The van der Waals surface area contributed by atoms with Crippen molar-refractivity contribution < 1.29 is 9.53 Å².